The number of carbonyl (C=O) groups is 1. The van der Waals surface area contributed by atoms with Crippen LogP contribution in [-0.4, -0.2) is 16.1 Å². The molecular formula is C11H12F3NO2. The first kappa shape index (κ1) is 13.5. The molecule has 1 rings (SSSR count). The fourth-order valence-electron chi connectivity index (χ4n) is 1.31. The Morgan fingerprint density at radius 1 is 1.53 bits per heavy atom. The number of aromatic nitrogens is 1. The monoisotopic (exact) mass is 247 g/mol. The molecule has 0 aliphatic rings. The van der Waals surface area contributed by atoms with Gasteiger partial charge in [0.2, 0.25) is 0 Å². The fraction of sp³-hybridized carbons (Fsp3) is 0.455. The zero-order valence-electron chi connectivity index (χ0n) is 9.38. The number of aliphatic carboxylic acids is 1. The van der Waals surface area contributed by atoms with Crippen molar-refractivity contribution in [3.05, 3.63) is 29.3 Å². The molecule has 17 heavy (non-hydrogen) atoms. The lowest BCUT2D eigenvalue weighted by Gasteiger charge is -2.15. The van der Waals surface area contributed by atoms with Crippen molar-refractivity contribution in [3.63, 3.8) is 0 Å². The Hall–Kier alpha value is -1.59. The Kier molecular flexibility index (Phi) is 3.75. The average molecular weight is 247 g/mol. The quantitative estimate of drug-likeness (QED) is 0.889. The molecule has 0 aliphatic carbocycles. The molecule has 1 heterocycles. The molecule has 1 aromatic rings. The summed E-state index contributed by atoms with van der Waals surface area (Å²) in [5.74, 6) is -6.73. The van der Waals surface area contributed by atoms with E-state index in [-0.39, 0.29) is 5.92 Å². The van der Waals surface area contributed by atoms with Gasteiger partial charge in [-0.15, -0.1) is 0 Å². The zero-order valence-corrected chi connectivity index (χ0v) is 9.38. The number of pyridine rings is 1. The number of carboxylic acid groups (broad SMARTS) is 1. The number of rotatable bonds is 4. The van der Waals surface area contributed by atoms with E-state index in [1.54, 1.807) is 13.8 Å². The van der Waals surface area contributed by atoms with Crippen LogP contribution in [0.25, 0.3) is 0 Å². The summed E-state index contributed by atoms with van der Waals surface area (Å²) in [7, 11) is 0. The number of nitrogens with zero attached hydrogens (tertiary/aromatic N) is 1. The molecule has 0 atom stereocenters. The standard InChI is InChI=1S/C11H12F3NO2/c1-6(2)7-3-8(12)10(15-5-7)11(13,14)4-9(16)17/h3,5-6H,4H2,1-2H3,(H,16,17). The number of halogens is 3. The molecule has 6 heteroatoms. The van der Waals surface area contributed by atoms with E-state index in [4.69, 9.17) is 5.11 Å². The van der Waals surface area contributed by atoms with Gasteiger partial charge in [-0.25, -0.2) is 4.39 Å². The lowest BCUT2D eigenvalue weighted by Crippen LogP contribution is -2.22. The van der Waals surface area contributed by atoms with Crippen LogP contribution in [-0.2, 0) is 10.7 Å². The minimum atomic E-state index is -3.80. The highest BCUT2D eigenvalue weighted by atomic mass is 19.3. The molecule has 0 unspecified atom stereocenters. The highest BCUT2D eigenvalue weighted by molar-refractivity contribution is 5.68. The van der Waals surface area contributed by atoms with Gasteiger partial charge in [-0.1, -0.05) is 13.8 Å². The van der Waals surface area contributed by atoms with E-state index in [9.17, 15) is 18.0 Å². The van der Waals surface area contributed by atoms with Crippen LogP contribution in [0.15, 0.2) is 12.3 Å². The van der Waals surface area contributed by atoms with Gasteiger partial charge in [0, 0.05) is 6.20 Å². The first-order valence-corrected chi connectivity index (χ1v) is 4.99. The second-order valence-corrected chi connectivity index (χ2v) is 4.03. The number of hydrogen-bond acceptors (Lipinski definition) is 2. The van der Waals surface area contributed by atoms with E-state index in [1.807, 2.05) is 0 Å². The topological polar surface area (TPSA) is 50.2 Å². The molecule has 0 fully saturated rings. The van der Waals surface area contributed by atoms with Crippen molar-refractivity contribution >= 4 is 5.97 Å². The Morgan fingerprint density at radius 3 is 2.53 bits per heavy atom. The number of alkyl halides is 2. The van der Waals surface area contributed by atoms with Crippen LogP contribution in [0.3, 0.4) is 0 Å². The van der Waals surface area contributed by atoms with Gasteiger partial charge >= 0.3 is 11.9 Å². The van der Waals surface area contributed by atoms with Crippen molar-refractivity contribution in [3.8, 4) is 0 Å². The molecular weight excluding hydrogens is 235 g/mol. The third-order valence-corrected chi connectivity index (χ3v) is 2.25. The van der Waals surface area contributed by atoms with E-state index in [0.29, 0.717) is 5.56 Å². The van der Waals surface area contributed by atoms with Gasteiger partial charge in [0.05, 0.1) is 0 Å². The predicted molar refractivity (Wildman–Crippen MR) is 54.4 cm³/mol. The van der Waals surface area contributed by atoms with E-state index in [1.165, 1.54) is 0 Å². The summed E-state index contributed by atoms with van der Waals surface area (Å²) in [4.78, 5) is 13.6. The SMILES string of the molecule is CC(C)c1cnc(C(F)(F)CC(=O)O)c(F)c1. The molecule has 1 aromatic heterocycles. The van der Waals surface area contributed by atoms with Crippen molar-refractivity contribution in [2.75, 3.05) is 0 Å². The summed E-state index contributed by atoms with van der Waals surface area (Å²) < 4.78 is 40.1. The van der Waals surface area contributed by atoms with Crippen LogP contribution in [0.5, 0.6) is 0 Å². The number of hydrogen-bond donors (Lipinski definition) is 1. The largest absolute Gasteiger partial charge is 0.481 e. The van der Waals surface area contributed by atoms with E-state index < -0.39 is 29.8 Å². The Balaban J connectivity index is 3.11. The highest BCUT2D eigenvalue weighted by Gasteiger charge is 2.39. The highest BCUT2D eigenvalue weighted by Crippen LogP contribution is 2.32. The van der Waals surface area contributed by atoms with E-state index >= 15 is 0 Å². The summed E-state index contributed by atoms with van der Waals surface area (Å²) in [6.45, 7) is 3.54. The Morgan fingerprint density at radius 2 is 2.12 bits per heavy atom. The lowest BCUT2D eigenvalue weighted by atomic mass is 10.0. The Bertz CT molecular complexity index is 433. The maximum Gasteiger partial charge on any atom is 0.309 e. The maximum atomic E-state index is 13.4. The van der Waals surface area contributed by atoms with Gasteiger partial charge in [-0.3, -0.25) is 9.78 Å². The molecule has 0 bridgehead atoms. The fourth-order valence-corrected chi connectivity index (χ4v) is 1.31. The smallest absolute Gasteiger partial charge is 0.309 e. The average Bonchev–Trinajstić information content (AvgIpc) is 2.14. The van der Waals surface area contributed by atoms with Crippen molar-refractivity contribution in [2.45, 2.75) is 32.1 Å². The minimum absolute atomic E-state index is 0.0425. The van der Waals surface area contributed by atoms with Gasteiger partial charge in [0.15, 0.2) is 5.82 Å². The van der Waals surface area contributed by atoms with Crippen LogP contribution in [0, 0.1) is 5.82 Å². The maximum absolute atomic E-state index is 13.4. The van der Waals surface area contributed by atoms with Crippen LogP contribution in [0.1, 0.15) is 37.4 Å². The summed E-state index contributed by atoms with van der Waals surface area (Å²) in [5.41, 5.74) is -0.637. The lowest BCUT2D eigenvalue weighted by molar-refractivity contribution is -0.146. The van der Waals surface area contributed by atoms with Crippen LogP contribution < -0.4 is 0 Å². The molecule has 0 saturated heterocycles. The molecule has 0 saturated carbocycles. The molecule has 0 aliphatic heterocycles. The molecule has 0 amide bonds. The normalized spacial score (nSPS) is 11.9. The van der Waals surface area contributed by atoms with Gasteiger partial charge in [0.1, 0.15) is 12.1 Å². The van der Waals surface area contributed by atoms with Crippen LogP contribution in [0.4, 0.5) is 13.2 Å². The second kappa shape index (κ2) is 4.73. The first-order valence-electron chi connectivity index (χ1n) is 4.99. The van der Waals surface area contributed by atoms with Gasteiger partial charge < -0.3 is 5.11 Å². The minimum Gasteiger partial charge on any atom is -0.481 e. The number of carboxylic acids is 1. The van der Waals surface area contributed by atoms with Crippen molar-refractivity contribution in [1.29, 1.82) is 0 Å². The third-order valence-electron chi connectivity index (χ3n) is 2.25. The first-order chi connectivity index (χ1) is 7.74. The summed E-state index contributed by atoms with van der Waals surface area (Å²) >= 11 is 0. The molecule has 94 valence electrons. The molecule has 3 nitrogen and oxygen atoms in total. The van der Waals surface area contributed by atoms with Gasteiger partial charge in [0.25, 0.3) is 0 Å². The van der Waals surface area contributed by atoms with Crippen molar-refractivity contribution in [2.24, 2.45) is 0 Å². The summed E-state index contributed by atoms with van der Waals surface area (Å²) in [6.07, 6.45) is -0.337. The van der Waals surface area contributed by atoms with Gasteiger partial charge in [-0.2, -0.15) is 8.78 Å². The predicted octanol–water partition coefficient (Wildman–Crippen LogP) is 2.91. The second-order valence-electron chi connectivity index (χ2n) is 4.03. The van der Waals surface area contributed by atoms with E-state index in [0.717, 1.165) is 12.3 Å². The molecule has 0 spiro atoms. The summed E-state index contributed by atoms with van der Waals surface area (Å²) in [6, 6.07) is 0.961. The molecule has 0 aromatic carbocycles. The molecule has 1 N–H and O–H groups in total. The van der Waals surface area contributed by atoms with Gasteiger partial charge in [-0.05, 0) is 17.5 Å². The zero-order chi connectivity index (χ0) is 13.2. The van der Waals surface area contributed by atoms with Crippen molar-refractivity contribution in [1.82, 2.24) is 4.98 Å². The van der Waals surface area contributed by atoms with Crippen LogP contribution in [0.2, 0.25) is 0 Å². The molecule has 0 radical (unpaired) electrons. The van der Waals surface area contributed by atoms with Crippen molar-refractivity contribution < 1.29 is 23.1 Å². The third kappa shape index (κ3) is 3.18. The van der Waals surface area contributed by atoms with Crippen LogP contribution >= 0.6 is 0 Å². The Labute approximate surface area is 96.3 Å². The summed E-state index contributed by atoms with van der Waals surface area (Å²) in [5, 5.41) is 8.31. The van der Waals surface area contributed by atoms with E-state index in [2.05, 4.69) is 4.98 Å².